The van der Waals surface area contributed by atoms with Gasteiger partial charge in [-0.25, -0.2) is 0 Å². The van der Waals surface area contributed by atoms with E-state index in [-0.39, 0.29) is 5.41 Å². The normalized spacial score (nSPS) is 29.1. The molecule has 0 aliphatic carbocycles. The number of likely N-dealkylation sites (tertiary alicyclic amines) is 1. The average molecular weight is 305 g/mol. The maximum Gasteiger partial charge on any atom is 0.119 e. The molecule has 0 saturated carbocycles. The van der Waals surface area contributed by atoms with Gasteiger partial charge in [0.15, 0.2) is 0 Å². The molecular weight excluding hydrogens is 278 g/mol. The minimum Gasteiger partial charge on any atom is -0.497 e. The van der Waals surface area contributed by atoms with E-state index < -0.39 is 0 Å². The Morgan fingerprint density at radius 2 is 2.27 bits per heavy atom. The lowest BCUT2D eigenvalue weighted by molar-refractivity contribution is -0.149. The van der Waals surface area contributed by atoms with E-state index in [0.717, 1.165) is 51.4 Å². The standard InChI is InChI=1S/C18H27NO3/c1-20-14-18-8-4-10-22-17(18)7-9-19(13-18)12-15-5-3-6-16(11-15)21-2/h3,5-6,11,17H,4,7-10,12-14H2,1-2H3. The molecule has 0 radical (unpaired) electrons. The molecule has 4 heteroatoms. The lowest BCUT2D eigenvalue weighted by atomic mass is 9.73. The summed E-state index contributed by atoms with van der Waals surface area (Å²) in [6.45, 7) is 4.82. The second-order valence-corrected chi connectivity index (χ2v) is 6.61. The highest BCUT2D eigenvalue weighted by atomic mass is 16.5. The maximum absolute atomic E-state index is 6.05. The van der Waals surface area contributed by atoms with Crippen molar-refractivity contribution in [2.45, 2.75) is 31.9 Å². The van der Waals surface area contributed by atoms with E-state index in [1.54, 1.807) is 14.2 Å². The van der Waals surface area contributed by atoms with Gasteiger partial charge < -0.3 is 14.2 Å². The molecule has 2 aliphatic heterocycles. The summed E-state index contributed by atoms with van der Waals surface area (Å²) in [4.78, 5) is 2.54. The van der Waals surface area contributed by atoms with Gasteiger partial charge in [0.25, 0.3) is 0 Å². The average Bonchev–Trinajstić information content (AvgIpc) is 2.55. The van der Waals surface area contributed by atoms with Crippen molar-refractivity contribution >= 4 is 0 Å². The van der Waals surface area contributed by atoms with E-state index in [0.29, 0.717) is 6.10 Å². The fourth-order valence-corrected chi connectivity index (χ4v) is 4.04. The summed E-state index contributed by atoms with van der Waals surface area (Å²) in [7, 11) is 3.53. The Balaban J connectivity index is 1.70. The van der Waals surface area contributed by atoms with Crippen LogP contribution < -0.4 is 4.74 Å². The van der Waals surface area contributed by atoms with Crippen molar-refractivity contribution in [3.8, 4) is 5.75 Å². The minimum atomic E-state index is 0.171. The van der Waals surface area contributed by atoms with Crippen LogP contribution in [0.4, 0.5) is 0 Å². The lowest BCUT2D eigenvalue weighted by Crippen LogP contribution is -2.56. The predicted octanol–water partition coefficient (Wildman–Crippen LogP) is 2.71. The molecule has 0 aromatic heterocycles. The van der Waals surface area contributed by atoms with Gasteiger partial charge in [-0.05, 0) is 37.0 Å². The second-order valence-electron chi connectivity index (χ2n) is 6.61. The Hall–Kier alpha value is -1.10. The summed E-state index contributed by atoms with van der Waals surface area (Å²) in [5.74, 6) is 0.931. The number of nitrogens with zero attached hydrogens (tertiary/aromatic N) is 1. The minimum absolute atomic E-state index is 0.171. The number of benzene rings is 1. The topological polar surface area (TPSA) is 30.9 Å². The van der Waals surface area contributed by atoms with Gasteiger partial charge in [0.05, 0.1) is 19.8 Å². The van der Waals surface area contributed by atoms with E-state index in [9.17, 15) is 0 Å². The summed E-state index contributed by atoms with van der Waals surface area (Å²) >= 11 is 0. The number of rotatable bonds is 5. The summed E-state index contributed by atoms with van der Waals surface area (Å²) in [5.41, 5.74) is 1.48. The van der Waals surface area contributed by atoms with E-state index in [2.05, 4.69) is 23.1 Å². The first-order valence-electron chi connectivity index (χ1n) is 8.21. The van der Waals surface area contributed by atoms with Gasteiger partial charge in [0, 0.05) is 38.8 Å². The van der Waals surface area contributed by atoms with Crippen molar-refractivity contribution in [3.05, 3.63) is 29.8 Å². The first-order valence-corrected chi connectivity index (χ1v) is 8.21. The van der Waals surface area contributed by atoms with Gasteiger partial charge in [-0.3, -0.25) is 4.90 Å². The van der Waals surface area contributed by atoms with Crippen LogP contribution in [0.1, 0.15) is 24.8 Å². The SMILES string of the molecule is COCC12CCCOC1CCN(Cc1cccc(OC)c1)C2. The molecule has 0 bridgehead atoms. The molecule has 1 aromatic rings. The zero-order valence-electron chi connectivity index (χ0n) is 13.7. The molecule has 3 rings (SSSR count). The molecular formula is C18H27NO3. The highest BCUT2D eigenvalue weighted by Crippen LogP contribution is 2.40. The van der Waals surface area contributed by atoms with Crippen molar-refractivity contribution in [2.24, 2.45) is 5.41 Å². The molecule has 0 spiro atoms. The van der Waals surface area contributed by atoms with Crippen molar-refractivity contribution < 1.29 is 14.2 Å². The molecule has 2 aliphatic rings. The number of fused-ring (bicyclic) bond motifs is 1. The fourth-order valence-electron chi connectivity index (χ4n) is 4.04. The highest BCUT2D eigenvalue weighted by Gasteiger charge is 2.45. The van der Waals surface area contributed by atoms with Crippen molar-refractivity contribution in [1.29, 1.82) is 0 Å². The predicted molar refractivity (Wildman–Crippen MR) is 86.2 cm³/mol. The quantitative estimate of drug-likeness (QED) is 0.837. The number of hydrogen-bond donors (Lipinski definition) is 0. The maximum atomic E-state index is 6.05. The second kappa shape index (κ2) is 6.99. The van der Waals surface area contributed by atoms with Crippen molar-refractivity contribution in [2.75, 3.05) is 40.5 Å². The Morgan fingerprint density at radius 1 is 1.36 bits per heavy atom. The molecule has 0 N–H and O–H groups in total. The van der Waals surface area contributed by atoms with Crippen LogP contribution in [0.2, 0.25) is 0 Å². The third-order valence-corrected chi connectivity index (χ3v) is 5.04. The number of piperidine rings is 1. The fraction of sp³-hybridized carbons (Fsp3) is 0.667. The molecule has 2 unspecified atom stereocenters. The third kappa shape index (κ3) is 3.29. The van der Waals surface area contributed by atoms with Crippen LogP contribution >= 0.6 is 0 Å². The molecule has 122 valence electrons. The third-order valence-electron chi connectivity index (χ3n) is 5.04. The van der Waals surface area contributed by atoms with Gasteiger partial charge >= 0.3 is 0 Å². The van der Waals surface area contributed by atoms with E-state index in [4.69, 9.17) is 14.2 Å². The van der Waals surface area contributed by atoms with E-state index in [1.165, 1.54) is 12.0 Å². The van der Waals surface area contributed by atoms with Gasteiger partial charge in [0.1, 0.15) is 5.75 Å². The van der Waals surface area contributed by atoms with E-state index >= 15 is 0 Å². The Bertz CT molecular complexity index is 489. The smallest absolute Gasteiger partial charge is 0.119 e. The van der Waals surface area contributed by atoms with Gasteiger partial charge in [0.2, 0.25) is 0 Å². The number of hydrogen-bond acceptors (Lipinski definition) is 4. The van der Waals surface area contributed by atoms with Crippen LogP contribution in [0.3, 0.4) is 0 Å². The van der Waals surface area contributed by atoms with Crippen molar-refractivity contribution in [1.82, 2.24) is 4.90 Å². The van der Waals surface area contributed by atoms with E-state index in [1.807, 2.05) is 6.07 Å². The Morgan fingerprint density at radius 3 is 3.09 bits per heavy atom. The lowest BCUT2D eigenvalue weighted by Gasteiger charge is -2.50. The van der Waals surface area contributed by atoms with Crippen LogP contribution in [0.25, 0.3) is 0 Å². The number of methoxy groups -OCH3 is 2. The van der Waals surface area contributed by atoms with Gasteiger partial charge in [-0.15, -0.1) is 0 Å². The van der Waals surface area contributed by atoms with Crippen LogP contribution in [-0.2, 0) is 16.0 Å². The summed E-state index contributed by atoms with van der Waals surface area (Å²) in [5, 5.41) is 0. The van der Waals surface area contributed by atoms with Gasteiger partial charge in [-0.1, -0.05) is 12.1 Å². The largest absolute Gasteiger partial charge is 0.497 e. The monoisotopic (exact) mass is 305 g/mol. The summed E-state index contributed by atoms with van der Waals surface area (Å²) in [6, 6.07) is 8.37. The zero-order valence-corrected chi connectivity index (χ0v) is 13.7. The molecule has 22 heavy (non-hydrogen) atoms. The molecule has 2 heterocycles. The van der Waals surface area contributed by atoms with Crippen molar-refractivity contribution in [3.63, 3.8) is 0 Å². The summed E-state index contributed by atoms with van der Waals surface area (Å²) in [6.07, 6.45) is 3.82. The highest BCUT2D eigenvalue weighted by molar-refractivity contribution is 5.28. The molecule has 2 fully saturated rings. The molecule has 2 saturated heterocycles. The molecule has 4 nitrogen and oxygen atoms in total. The zero-order chi connectivity index (χ0) is 15.4. The first-order chi connectivity index (χ1) is 10.8. The molecule has 2 atom stereocenters. The van der Waals surface area contributed by atoms with Crippen LogP contribution in [0.5, 0.6) is 5.75 Å². The summed E-state index contributed by atoms with van der Waals surface area (Å²) < 4.78 is 16.9. The molecule has 1 aromatic carbocycles. The van der Waals surface area contributed by atoms with Crippen LogP contribution in [0.15, 0.2) is 24.3 Å². The first kappa shape index (κ1) is 15.8. The Kier molecular flexibility index (Phi) is 5.01. The van der Waals surface area contributed by atoms with Crippen LogP contribution in [0, 0.1) is 5.41 Å². The number of ether oxygens (including phenoxy) is 3. The van der Waals surface area contributed by atoms with Gasteiger partial charge in [-0.2, -0.15) is 0 Å². The van der Waals surface area contributed by atoms with Crippen LogP contribution in [-0.4, -0.2) is 51.5 Å². The molecule has 0 amide bonds. The Labute approximate surface area is 133 Å².